The maximum atomic E-state index is 10.0. The van der Waals surface area contributed by atoms with E-state index in [1.807, 2.05) is 49.4 Å². The van der Waals surface area contributed by atoms with Gasteiger partial charge in [-0.3, -0.25) is 4.90 Å². The Bertz CT molecular complexity index is 550. The van der Waals surface area contributed by atoms with Crippen LogP contribution in [-0.2, 0) is 13.1 Å². The third-order valence-electron chi connectivity index (χ3n) is 3.84. The molecule has 3 heteroatoms. The van der Waals surface area contributed by atoms with Crippen LogP contribution in [0.15, 0.2) is 60.7 Å². The first-order valence-electron chi connectivity index (χ1n) is 7.64. The topological polar surface area (TPSA) is 47.3 Å². The highest BCUT2D eigenvalue weighted by atomic mass is 16.3. The van der Waals surface area contributed by atoms with Crippen molar-refractivity contribution in [2.24, 2.45) is 0 Å². The lowest BCUT2D eigenvalue weighted by molar-refractivity contribution is 0.0688. The molecule has 114 valence electrons. The Morgan fingerprint density at radius 2 is 1.41 bits per heavy atom. The van der Waals surface area contributed by atoms with E-state index in [0.717, 1.165) is 6.42 Å². The van der Waals surface area contributed by atoms with Crippen molar-refractivity contribution in [1.82, 2.24) is 4.90 Å². The summed E-state index contributed by atoms with van der Waals surface area (Å²) in [5.74, 6) is 0. The first kappa shape index (κ1) is 16.2. The fraction of sp³-hybridized carbons (Fsp3) is 0.316. The molecule has 2 rings (SSSR count). The molecule has 3 nitrogen and oxygen atoms in total. The maximum Gasteiger partial charge on any atom is 0.155 e. The van der Waals surface area contributed by atoms with Gasteiger partial charge >= 0.3 is 0 Å². The third kappa shape index (κ3) is 4.42. The van der Waals surface area contributed by atoms with Gasteiger partial charge in [-0.25, -0.2) is 0 Å². The largest absolute Gasteiger partial charge is 0.376 e. The van der Waals surface area contributed by atoms with Crippen LogP contribution in [0, 0.1) is 11.3 Å². The maximum absolute atomic E-state index is 10.0. The highest BCUT2D eigenvalue weighted by Crippen LogP contribution is 2.17. The molecular weight excluding hydrogens is 272 g/mol. The van der Waals surface area contributed by atoms with Gasteiger partial charge in [0, 0.05) is 19.1 Å². The lowest BCUT2D eigenvalue weighted by atomic mass is 10.0. The van der Waals surface area contributed by atoms with Crippen molar-refractivity contribution in [1.29, 1.82) is 5.26 Å². The minimum Gasteiger partial charge on any atom is -0.376 e. The van der Waals surface area contributed by atoms with Crippen LogP contribution in [-0.4, -0.2) is 22.2 Å². The van der Waals surface area contributed by atoms with Crippen LogP contribution in [0.1, 0.15) is 24.5 Å². The van der Waals surface area contributed by atoms with Gasteiger partial charge in [0.1, 0.15) is 0 Å². The van der Waals surface area contributed by atoms with E-state index in [2.05, 4.69) is 29.2 Å². The van der Waals surface area contributed by atoms with Crippen LogP contribution in [0.3, 0.4) is 0 Å². The number of nitrogens with zero attached hydrogens (tertiary/aromatic N) is 2. The van der Waals surface area contributed by atoms with E-state index in [9.17, 15) is 5.11 Å². The molecule has 0 aromatic heterocycles. The van der Waals surface area contributed by atoms with Gasteiger partial charge in [-0.2, -0.15) is 5.26 Å². The molecule has 0 aliphatic rings. The molecule has 2 aromatic carbocycles. The van der Waals surface area contributed by atoms with E-state index in [4.69, 9.17) is 5.26 Å². The summed E-state index contributed by atoms with van der Waals surface area (Å²) in [5.41, 5.74) is 2.36. The van der Waals surface area contributed by atoms with Gasteiger partial charge in [0.2, 0.25) is 0 Å². The minimum atomic E-state index is -0.975. The molecule has 0 aliphatic heterocycles. The summed E-state index contributed by atoms with van der Waals surface area (Å²) in [6.45, 7) is 3.44. The van der Waals surface area contributed by atoms with Gasteiger partial charge in [-0.1, -0.05) is 67.6 Å². The quantitative estimate of drug-likeness (QED) is 0.797. The van der Waals surface area contributed by atoms with Crippen molar-refractivity contribution < 1.29 is 5.11 Å². The van der Waals surface area contributed by atoms with E-state index in [1.165, 1.54) is 11.1 Å². The predicted octanol–water partition coefficient (Wildman–Crippen LogP) is 3.35. The zero-order chi connectivity index (χ0) is 15.8. The van der Waals surface area contributed by atoms with E-state index >= 15 is 0 Å². The Labute approximate surface area is 132 Å². The second-order valence-electron chi connectivity index (χ2n) is 5.43. The lowest BCUT2D eigenvalue weighted by Gasteiger charge is -2.32. The summed E-state index contributed by atoms with van der Waals surface area (Å²) in [5, 5.41) is 19.1. The molecule has 0 bridgehead atoms. The standard InChI is InChI=1S/C19H22N2O/c1-2-18(19(22)13-20)21(14-16-9-5-3-6-10-16)15-17-11-7-4-8-12-17/h3-12,18-19,22H,2,14-15H2,1H3/t18-,19+/m0/s1. The number of nitriles is 1. The highest BCUT2D eigenvalue weighted by Gasteiger charge is 2.24. The molecule has 0 unspecified atom stereocenters. The fourth-order valence-corrected chi connectivity index (χ4v) is 2.69. The Morgan fingerprint density at radius 3 is 1.77 bits per heavy atom. The molecule has 0 saturated carbocycles. The third-order valence-corrected chi connectivity index (χ3v) is 3.84. The lowest BCUT2D eigenvalue weighted by Crippen LogP contribution is -2.41. The summed E-state index contributed by atoms with van der Waals surface area (Å²) >= 11 is 0. The number of hydrogen-bond acceptors (Lipinski definition) is 3. The average molecular weight is 294 g/mol. The number of aliphatic hydroxyl groups is 1. The van der Waals surface area contributed by atoms with Crippen molar-refractivity contribution in [2.45, 2.75) is 38.6 Å². The van der Waals surface area contributed by atoms with Crippen molar-refractivity contribution >= 4 is 0 Å². The monoisotopic (exact) mass is 294 g/mol. The van der Waals surface area contributed by atoms with Gasteiger partial charge in [-0.05, 0) is 17.5 Å². The summed E-state index contributed by atoms with van der Waals surface area (Å²) in [4.78, 5) is 2.18. The van der Waals surface area contributed by atoms with E-state index in [0.29, 0.717) is 13.1 Å². The molecule has 0 fully saturated rings. The number of rotatable bonds is 7. The fourth-order valence-electron chi connectivity index (χ4n) is 2.69. The van der Waals surface area contributed by atoms with Gasteiger partial charge in [0.25, 0.3) is 0 Å². The zero-order valence-corrected chi connectivity index (χ0v) is 12.9. The Kier molecular flexibility index (Phi) is 6.14. The second kappa shape index (κ2) is 8.33. The van der Waals surface area contributed by atoms with Crippen LogP contribution >= 0.6 is 0 Å². The molecule has 0 radical (unpaired) electrons. The predicted molar refractivity (Wildman–Crippen MR) is 87.8 cm³/mol. The normalized spacial score (nSPS) is 13.5. The molecule has 0 aliphatic carbocycles. The van der Waals surface area contributed by atoms with Gasteiger partial charge < -0.3 is 5.11 Å². The van der Waals surface area contributed by atoms with Crippen molar-refractivity contribution in [3.05, 3.63) is 71.8 Å². The average Bonchev–Trinajstić information content (AvgIpc) is 2.57. The van der Waals surface area contributed by atoms with Crippen LogP contribution in [0.5, 0.6) is 0 Å². The molecule has 0 amide bonds. The number of aliphatic hydroxyl groups excluding tert-OH is 1. The summed E-state index contributed by atoms with van der Waals surface area (Å²) in [6.07, 6.45) is -0.244. The molecule has 1 N–H and O–H groups in total. The zero-order valence-electron chi connectivity index (χ0n) is 12.9. The molecule has 0 heterocycles. The highest BCUT2D eigenvalue weighted by molar-refractivity contribution is 5.17. The second-order valence-corrected chi connectivity index (χ2v) is 5.43. The van der Waals surface area contributed by atoms with Crippen molar-refractivity contribution in [2.75, 3.05) is 0 Å². The van der Waals surface area contributed by atoms with Crippen LogP contribution in [0.25, 0.3) is 0 Å². The van der Waals surface area contributed by atoms with Crippen LogP contribution in [0.2, 0.25) is 0 Å². The molecule has 0 spiro atoms. The first-order chi connectivity index (χ1) is 10.7. The molecule has 2 atom stereocenters. The first-order valence-corrected chi connectivity index (χ1v) is 7.64. The van der Waals surface area contributed by atoms with Crippen molar-refractivity contribution in [3.8, 4) is 6.07 Å². The van der Waals surface area contributed by atoms with E-state index in [-0.39, 0.29) is 6.04 Å². The summed E-state index contributed by atoms with van der Waals surface area (Å²) in [7, 11) is 0. The smallest absolute Gasteiger partial charge is 0.155 e. The van der Waals surface area contributed by atoms with Gasteiger partial charge in [0.15, 0.2) is 6.10 Å². The molecule has 2 aromatic rings. The Morgan fingerprint density at radius 1 is 0.955 bits per heavy atom. The summed E-state index contributed by atoms with van der Waals surface area (Å²) < 4.78 is 0. The van der Waals surface area contributed by atoms with Crippen LogP contribution < -0.4 is 0 Å². The van der Waals surface area contributed by atoms with Gasteiger partial charge in [0.05, 0.1) is 6.07 Å². The molecule has 22 heavy (non-hydrogen) atoms. The van der Waals surface area contributed by atoms with E-state index in [1.54, 1.807) is 0 Å². The minimum absolute atomic E-state index is 0.176. The number of hydrogen-bond donors (Lipinski definition) is 1. The van der Waals surface area contributed by atoms with E-state index < -0.39 is 6.10 Å². The molecule has 0 saturated heterocycles. The Balaban J connectivity index is 2.21. The van der Waals surface area contributed by atoms with Gasteiger partial charge in [-0.15, -0.1) is 0 Å². The Hall–Kier alpha value is -2.15. The summed E-state index contributed by atoms with van der Waals surface area (Å²) in [6, 6.07) is 22.1. The van der Waals surface area contributed by atoms with Crippen LogP contribution in [0.4, 0.5) is 0 Å². The van der Waals surface area contributed by atoms with Crippen molar-refractivity contribution in [3.63, 3.8) is 0 Å². The molecular formula is C19H22N2O. The SMILES string of the molecule is CC[C@@H]([C@H](O)C#N)N(Cc1ccccc1)Cc1ccccc1. The number of benzene rings is 2.